The fraction of sp³-hybridized carbons (Fsp3) is 0.261. The lowest BCUT2D eigenvalue weighted by Crippen LogP contribution is -2.16. The zero-order valence-corrected chi connectivity index (χ0v) is 19.8. The first-order chi connectivity index (χ1) is 16.4. The maximum absolute atomic E-state index is 12.6. The van der Waals surface area contributed by atoms with Crippen LogP contribution in [-0.2, 0) is 14.3 Å². The molecule has 0 saturated carbocycles. The van der Waals surface area contributed by atoms with E-state index < -0.39 is 11.9 Å². The fourth-order valence-corrected chi connectivity index (χ4v) is 3.66. The molecule has 34 heavy (non-hydrogen) atoms. The molecule has 0 aliphatic rings. The van der Waals surface area contributed by atoms with Crippen molar-refractivity contribution in [3.05, 3.63) is 59.9 Å². The first kappa shape index (κ1) is 24.8. The first-order valence-corrected chi connectivity index (χ1v) is 11.4. The minimum Gasteiger partial charge on any atom is -0.497 e. The molecule has 0 aliphatic heterocycles. The summed E-state index contributed by atoms with van der Waals surface area (Å²) < 4.78 is 16.9. The van der Waals surface area contributed by atoms with Crippen LogP contribution in [0, 0.1) is 0 Å². The Morgan fingerprint density at radius 3 is 2.15 bits per heavy atom. The summed E-state index contributed by atoms with van der Waals surface area (Å²) in [6.45, 7) is 3.71. The van der Waals surface area contributed by atoms with Gasteiger partial charge in [0.2, 0.25) is 5.91 Å². The molecule has 1 heterocycles. The topological polar surface area (TPSA) is 122 Å². The van der Waals surface area contributed by atoms with E-state index in [2.05, 4.69) is 15.5 Å². The predicted molar refractivity (Wildman–Crippen MR) is 126 cm³/mol. The molecule has 10 nitrogen and oxygen atoms in total. The minimum absolute atomic E-state index is 0.0211. The highest BCUT2D eigenvalue weighted by molar-refractivity contribution is 7.99. The van der Waals surface area contributed by atoms with Gasteiger partial charge in [0.25, 0.3) is 0 Å². The lowest BCUT2D eigenvalue weighted by atomic mass is 10.1. The van der Waals surface area contributed by atoms with Crippen LogP contribution < -0.4 is 10.1 Å². The van der Waals surface area contributed by atoms with Crippen molar-refractivity contribution in [3.8, 4) is 11.4 Å². The molecule has 0 atom stereocenters. The molecule has 178 valence electrons. The quantitative estimate of drug-likeness (QED) is 0.341. The number of aromatic nitrogens is 3. The van der Waals surface area contributed by atoms with Gasteiger partial charge in [-0.05, 0) is 56.3 Å². The SMILES string of the molecule is CCOC(=O)c1cc(NC(=O)CSc2nncn2-c2ccc(OC)cc2)cc(C(=O)OCC)c1. The summed E-state index contributed by atoms with van der Waals surface area (Å²) >= 11 is 1.19. The molecule has 0 fully saturated rings. The van der Waals surface area contributed by atoms with E-state index in [1.54, 1.807) is 31.9 Å². The van der Waals surface area contributed by atoms with Crippen LogP contribution in [-0.4, -0.2) is 58.7 Å². The maximum atomic E-state index is 12.6. The third-order valence-corrected chi connectivity index (χ3v) is 5.38. The predicted octanol–water partition coefficient (Wildman–Crippen LogP) is 3.36. The van der Waals surface area contributed by atoms with Gasteiger partial charge in [0, 0.05) is 11.4 Å². The number of benzene rings is 2. The van der Waals surface area contributed by atoms with Gasteiger partial charge in [0.05, 0.1) is 37.2 Å². The van der Waals surface area contributed by atoms with Gasteiger partial charge in [-0.2, -0.15) is 0 Å². The molecule has 2 aromatic carbocycles. The summed E-state index contributed by atoms with van der Waals surface area (Å²) in [6, 6.07) is 11.6. The zero-order valence-electron chi connectivity index (χ0n) is 18.9. The van der Waals surface area contributed by atoms with E-state index in [0.717, 1.165) is 11.4 Å². The molecule has 0 bridgehead atoms. The number of carbonyl (C=O) groups is 3. The van der Waals surface area contributed by atoms with Gasteiger partial charge in [0.15, 0.2) is 5.16 Å². The van der Waals surface area contributed by atoms with E-state index in [0.29, 0.717) is 5.16 Å². The number of thioether (sulfide) groups is 1. The van der Waals surface area contributed by atoms with E-state index in [4.69, 9.17) is 14.2 Å². The zero-order chi connectivity index (χ0) is 24.5. The van der Waals surface area contributed by atoms with Crippen LogP contribution in [0.15, 0.2) is 53.9 Å². The van der Waals surface area contributed by atoms with E-state index in [9.17, 15) is 14.4 Å². The number of amides is 1. The molecule has 0 spiro atoms. The van der Waals surface area contributed by atoms with E-state index in [1.165, 1.54) is 30.0 Å². The van der Waals surface area contributed by atoms with Gasteiger partial charge in [0.1, 0.15) is 12.1 Å². The number of hydrogen-bond acceptors (Lipinski definition) is 9. The normalized spacial score (nSPS) is 10.4. The number of anilines is 1. The smallest absolute Gasteiger partial charge is 0.338 e. The third-order valence-electron chi connectivity index (χ3n) is 4.44. The number of nitrogens with one attached hydrogen (secondary N) is 1. The summed E-state index contributed by atoms with van der Waals surface area (Å²) in [5.41, 5.74) is 1.36. The Labute approximate surface area is 200 Å². The second-order valence-electron chi connectivity index (χ2n) is 6.76. The Hall–Kier alpha value is -3.86. The second kappa shape index (κ2) is 11.8. The Balaban J connectivity index is 1.72. The first-order valence-electron chi connectivity index (χ1n) is 10.4. The van der Waals surface area contributed by atoms with Crippen LogP contribution in [0.2, 0.25) is 0 Å². The molecule has 1 amide bonds. The maximum Gasteiger partial charge on any atom is 0.338 e. The summed E-state index contributed by atoms with van der Waals surface area (Å²) in [7, 11) is 1.59. The molecule has 11 heteroatoms. The molecule has 1 N–H and O–H groups in total. The van der Waals surface area contributed by atoms with Crippen molar-refractivity contribution >= 4 is 35.3 Å². The summed E-state index contributed by atoms with van der Waals surface area (Å²) in [5, 5.41) is 11.2. The van der Waals surface area contributed by atoms with E-state index >= 15 is 0 Å². The van der Waals surface area contributed by atoms with E-state index in [1.807, 2.05) is 24.3 Å². The summed E-state index contributed by atoms with van der Waals surface area (Å²) in [4.78, 5) is 37.0. The third kappa shape index (κ3) is 6.35. The Morgan fingerprint density at radius 1 is 0.971 bits per heavy atom. The largest absolute Gasteiger partial charge is 0.497 e. The number of methoxy groups -OCH3 is 1. The lowest BCUT2D eigenvalue weighted by molar-refractivity contribution is -0.113. The van der Waals surface area contributed by atoms with Crippen LogP contribution in [0.1, 0.15) is 34.6 Å². The van der Waals surface area contributed by atoms with Crippen molar-refractivity contribution in [3.63, 3.8) is 0 Å². The fourth-order valence-electron chi connectivity index (χ4n) is 2.93. The Morgan fingerprint density at radius 2 is 1.59 bits per heavy atom. The second-order valence-corrected chi connectivity index (χ2v) is 7.70. The number of carbonyl (C=O) groups excluding carboxylic acids is 3. The highest BCUT2D eigenvalue weighted by Gasteiger charge is 2.17. The van der Waals surface area contributed by atoms with Gasteiger partial charge < -0.3 is 19.5 Å². The van der Waals surface area contributed by atoms with Crippen molar-refractivity contribution in [2.75, 3.05) is 31.4 Å². The summed E-state index contributed by atoms with van der Waals surface area (Å²) in [6.07, 6.45) is 1.55. The van der Waals surface area contributed by atoms with Crippen LogP contribution in [0.5, 0.6) is 5.75 Å². The number of rotatable bonds is 10. The van der Waals surface area contributed by atoms with Crippen LogP contribution >= 0.6 is 11.8 Å². The Bertz CT molecular complexity index is 1130. The summed E-state index contributed by atoms with van der Waals surface area (Å²) in [5.74, 6) is -0.826. The molecular weight excluding hydrogens is 460 g/mol. The van der Waals surface area contributed by atoms with Gasteiger partial charge in [-0.15, -0.1) is 10.2 Å². The lowest BCUT2D eigenvalue weighted by Gasteiger charge is -2.11. The number of esters is 2. The van der Waals surface area contributed by atoms with Crippen LogP contribution in [0.25, 0.3) is 5.69 Å². The molecular formula is C23H24N4O6S. The molecule has 3 rings (SSSR count). The molecule has 0 saturated heterocycles. The molecule has 0 aliphatic carbocycles. The molecule has 0 unspecified atom stereocenters. The van der Waals surface area contributed by atoms with E-state index in [-0.39, 0.29) is 41.7 Å². The highest BCUT2D eigenvalue weighted by atomic mass is 32.2. The number of hydrogen-bond donors (Lipinski definition) is 1. The standard InChI is InChI=1S/C23H24N4O6S/c1-4-32-21(29)15-10-16(22(30)33-5-2)12-17(11-15)25-20(28)13-34-23-26-24-14-27(23)18-6-8-19(31-3)9-7-18/h6-12,14H,4-5,13H2,1-3H3,(H,25,28). The average molecular weight is 485 g/mol. The van der Waals surface area contributed by atoms with Crippen molar-refractivity contribution in [2.24, 2.45) is 0 Å². The average Bonchev–Trinajstić information content (AvgIpc) is 3.31. The highest BCUT2D eigenvalue weighted by Crippen LogP contribution is 2.22. The monoisotopic (exact) mass is 484 g/mol. The number of ether oxygens (including phenoxy) is 3. The van der Waals surface area contributed by atoms with Crippen LogP contribution in [0.4, 0.5) is 5.69 Å². The van der Waals surface area contributed by atoms with Crippen molar-refractivity contribution in [1.82, 2.24) is 14.8 Å². The number of nitrogens with zero attached hydrogens (tertiary/aromatic N) is 3. The van der Waals surface area contributed by atoms with Gasteiger partial charge in [-0.3, -0.25) is 9.36 Å². The molecule has 1 aromatic heterocycles. The Kier molecular flexibility index (Phi) is 8.63. The van der Waals surface area contributed by atoms with Gasteiger partial charge >= 0.3 is 11.9 Å². The van der Waals surface area contributed by atoms with Crippen LogP contribution in [0.3, 0.4) is 0 Å². The minimum atomic E-state index is -0.605. The van der Waals surface area contributed by atoms with Crippen molar-refractivity contribution in [1.29, 1.82) is 0 Å². The van der Waals surface area contributed by atoms with Crippen molar-refractivity contribution in [2.45, 2.75) is 19.0 Å². The molecule has 0 radical (unpaired) electrons. The molecule has 3 aromatic rings. The van der Waals surface area contributed by atoms with Gasteiger partial charge in [-0.25, -0.2) is 9.59 Å². The van der Waals surface area contributed by atoms with Crippen molar-refractivity contribution < 1.29 is 28.6 Å². The van der Waals surface area contributed by atoms with Gasteiger partial charge in [-0.1, -0.05) is 11.8 Å².